The molecule has 3 amide bonds. The summed E-state index contributed by atoms with van der Waals surface area (Å²) < 4.78 is 5.40. The van der Waals surface area contributed by atoms with Crippen LogP contribution in [0.15, 0.2) is 47.4 Å². The van der Waals surface area contributed by atoms with Gasteiger partial charge >= 0.3 is 0 Å². The number of carbonyl (C=O) groups excluding carboxylic acids is 3. The average Bonchev–Trinajstić information content (AvgIpc) is 2.77. The molecule has 0 saturated heterocycles. The van der Waals surface area contributed by atoms with Crippen LogP contribution in [0.2, 0.25) is 0 Å². The zero-order valence-electron chi connectivity index (χ0n) is 18.0. The highest BCUT2D eigenvalue weighted by Gasteiger charge is 2.28. The number of hydrogen-bond acceptors (Lipinski definition) is 5. The number of thioether (sulfide) groups is 1. The zero-order valence-corrected chi connectivity index (χ0v) is 18.8. The van der Waals surface area contributed by atoms with Gasteiger partial charge in [-0.15, -0.1) is 11.8 Å². The third-order valence-electron chi connectivity index (χ3n) is 4.95. The fraction of sp³-hybridized carbons (Fsp3) is 0.348. The number of nitrogens with zero attached hydrogens (tertiary/aromatic N) is 2. The van der Waals surface area contributed by atoms with Gasteiger partial charge in [-0.2, -0.15) is 0 Å². The summed E-state index contributed by atoms with van der Waals surface area (Å²) in [5.41, 5.74) is 1.73. The van der Waals surface area contributed by atoms with Crippen molar-refractivity contribution in [1.82, 2.24) is 4.90 Å². The Hall–Kier alpha value is -3.00. The summed E-state index contributed by atoms with van der Waals surface area (Å²) in [5.74, 6) is 0.424. The van der Waals surface area contributed by atoms with Crippen molar-refractivity contribution in [3.63, 3.8) is 0 Å². The molecule has 0 unspecified atom stereocenters. The summed E-state index contributed by atoms with van der Waals surface area (Å²) in [6.45, 7) is 7.42. The summed E-state index contributed by atoms with van der Waals surface area (Å²) in [5, 5.41) is 2.81. The number of nitrogens with one attached hydrogen (secondary N) is 1. The lowest BCUT2D eigenvalue weighted by atomic mass is 10.1. The van der Waals surface area contributed by atoms with Crippen LogP contribution >= 0.6 is 11.8 Å². The minimum absolute atomic E-state index is 0.0883. The first-order valence-corrected chi connectivity index (χ1v) is 11.3. The molecule has 0 atom stereocenters. The van der Waals surface area contributed by atoms with E-state index in [-0.39, 0.29) is 30.0 Å². The minimum atomic E-state index is -0.309. The van der Waals surface area contributed by atoms with E-state index < -0.39 is 0 Å². The first-order valence-electron chi connectivity index (χ1n) is 10.4. The summed E-state index contributed by atoms with van der Waals surface area (Å²) in [6, 6.07) is 12.4. The highest BCUT2D eigenvalue weighted by atomic mass is 32.2. The van der Waals surface area contributed by atoms with Crippen LogP contribution in [0.5, 0.6) is 5.75 Å². The van der Waals surface area contributed by atoms with Gasteiger partial charge in [-0.3, -0.25) is 14.4 Å². The number of rotatable bonds is 8. The second kappa shape index (κ2) is 10.3. The Kier molecular flexibility index (Phi) is 7.57. The van der Waals surface area contributed by atoms with Crippen molar-refractivity contribution in [2.75, 3.05) is 42.2 Å². The molecule has 1 aliphatic rings. The molecule has 2 aromatic rings. The maximum atomic E-state index is 12.7. The van der Waals surface area contributed by atoms with Gasteiger partial charge in [-0.1, -0.05) is 0 Å². The van der Waals surface area contributed by atoms with Gasteiger partial charge in [0.15, 0.2) is 0 Å². The second-order valence-electron chi connectivity index (χ2n) is 6.93. The highest BCUT2D eigenvalue weighted by molar-refractivity contribution is 8.00. The van der Waals surface area contributed by atoms with Crippen LogP contribution in [0.4, 0.5) is 11.4 Å². The van der Waals surface area contributed by atoms with Crippen molar-refractivity contribution in [3.8, 4) is 5.75 Å². The fourth-order valence-electron chi connectivity index (χ4n) is 3.35. The van der Waals surface area contributed by atoms with E-state index in [0.29, 0.717) is 36.6 Å². The Bertz CT molecular complexity index is 958. The number of hydrogen-bond donors (Lipinski definition) is 1. The van der Waals surface area contributed by atoms with Crippen molar-refractivity contribution >= 4 is 40.9 Å². The normalized spacial score (nSPS) is 12.9. The van der Waals surface area contributed by atoms with Gasteiger partial charge in [0.25, 0.3) is 5.91 Å². The summed E-state index contributed by atoms with van der Waals surface area (Å²) >= 11 is 1.42. The van der Waals surface area contributed by atoms with Gasteiger partial charge in [0.05, 0.1) is 18.0 Å². The Morgan fingerprint density at radius 3 is 2.45 bits per heavy atom. The van der Waals surface area contributed by atoms with Gasteiger partial charge < -0.3 is 19.9 Å². The van der Waals surface area contributed by atoms with Crippen LogP contribution < -0.4 is 15.0 Å². The molecule has 0 fully saturated rings. The first kappa shape index (κ1) is 22.7. The van der Waals surface area contributed by atoms with E-state index in [1.807, 2.05) is 26.8 Å². The van der Waals surface area contributed by atoms with E-state index in [0.717, 1.165) is 10.6 Å². The summed E-state index contributed by atoms with van der Waals surface area (Å²) in [4.78, 5) is 42.1. The quantitative estimate of drug-likeness (QED) is 0.677. The van der Waals surface area contributed by atoms with Gasteiger partial charge in [0.2, 0.25) is 11.8 Å². The van der Waals surface area contributed by atoms with E-state index in [1.165, 1.54) is 16.7 Å². The predicted octanol–water partition coefficient (Wildman–Crippen LogP) is 3.64. The molecule has 1 aliphatic heterocycles. The van der Waals surface area contributed by atoms with Crippen LogP contribution in [0.1, 0.15) is 31.1 Å². The van der Waals surface area contributed by atoms with Crippen molar-refractivity contribution in [2.24, 2.45) is 0 Å². The largest absolute Gasteiger partial charge is 0.494 e. The first-order chi connectivity index (χ1) is 15.0. The monoisotopic (exact) mass is 441 g/mol. The molecule has 1 heterocycles. The maximum Gasteiger partial charge on any atom is 0.253 e. The average molecular weight is 442 g/mol. The summed E-state index contributed by atoms with van der Waals surface area (Å²) in [6.07, 6.45) is 0. The molecule has 0 bridgehead atoms. The van der Waals surface area contributed by atoms with Crippen molar-refractivity contribution < 1.29 is 19.1 Å². The lowest BCUT2D eigenvalue weighted by Gasteiger charge is -2.29. The molecule has 8 heteroatoms. The Morgan fingerprint density at radius 2 is 1.81 bits per heavy atom. The molecule has 164 valence electrons. The Labute approximate surface area is 186 Å². The summed E-state index contributed by atoms with van der Waals surface area (Å²) in [7, 11) is 0. The number of fused-ring (bicyclic) bond motifs is 1. The molecule has 0 saturated carbocycles. The van der Waals surface area contributed by atoms with Crippen molar-refractivity contribution in [1.29, 1.82) is 0 Å². The number of anilines is 2. The predicted molar refractivity (Wildman–Crippen MR) is 123 cm³/mol. The van der Waals surface area contributed by atoms with Crippen LogP contribution in [-0.4, -0.2) is 54.6 Å². The topological polar surface area (TPSA) is 79.0 Å². The molecule has 0 aromatic heterocycles. The van der Waals surface area contributed by atoms with Crippen LogP contribution in [0.25, 0.3) is 0 Å². The highest BCUT2D eigenvalue weighted by Crippen LogP contribution is 2.36. The molecule has 0 spiro atoms. The molecule has 3 rings (SSSR count). The van der Waals surface area contributed by atoms with E-state index in [4.69, 9.17) is 4.74 Å². The Morgan fingerprint density at radius 1 is 1.10 bits per heavy atom. The maximum absolute atomic E-state index is 12.7. The van der Waals surface area contributed by atoms with Crippen molar-refractivity contribution in [3.05, 3.63) is 48.0 Å². The van der Waals surface area contributed by atoms with Crippen LogP contribution in [0, 0.1) is 0 Å². The smallest absolute Gasteiger partial charge is 0.253 e. The lowest BCUT2D eigenvalue weighted by Crippen LogP contribution is -2.41. The molecule has 0 aliphatic carbocycles. The number of amides is 3. The molecular weight excluding hydrogens is 414 g/mol. The number of ether oxygens (including phenoxy) is 1. The number of benzene rings is 2. The molecule has 1 N–H and O–H groups in total. The van der Waals surface area contributed by atoms with Crippen molar-refractivity contribution in [2.45, 2.75) is 25.7 Å². The van der Waals surface area contributed by atoms with Crippen LogP contribution in [-0.2, 0) is 9.59 Å². The Balaban J connectivity index is 1.77. The van der Waals surface area contributed by atoms with E-state index in [2.05, 4.69) is 5.32 Å². The van der Waals surface area contributed by atoms with E-state index >= 15 is 0 Å². The van der Waals surface area contributed by atoms with Gasteiger partial charge in [-0.25, -0.2) is 0 Å². The third kappa shape index (κ3) is 5.38. The standard InChI is InChI=1S/C23H27N3O4S/c1-4-25(5-2)23(29)16-7-12-20-19(13-16)26(22(28)15-31-20)14-21(27)24-17-8-10-18(11-9-17)30-6-3/h7-13H,4-6,14-15H2,1-3H3,(H,24,27). The van der Waals surface area contributed by atoms with E-state index in [1.54, 1.807) is 41.3 Å². The molecule has 2 aromatic carbocycles. The lowest BCUT2D eigenvalue weighted by molar-refractivity contribution is -0.120. The van der Waals surface area contributed by atoms with Gasteiger partial charge in [0, 0.05) is 29.2 Å². The minimum Gasteiger partial charge on any atom is -0.494 e. The third-order valence-corrected chi connectivity index (χ3v) is 6.00. The second-order valence-corrected chi connectivity index (χ2v) is 7.95. The number of carbonyl (C=O) groups is 3. The van der Waals surface area contributed by atoms with Gasteiger partial charge in [-0.05, 0) is 63.2 Å². The zero-order chi connectivity index (χ0) is 22.4. The fourth-order valence-corrected chi connectivity index (χ4v) is 4.26. The molecule has 0 radical (unpaired) electrons. The molecular formula is C23H27N3O4S. The van der Waals surface area contributed by atoms with Crippen LogP contribution in [0.3, 0.4) is 0 Å². The van der Waals surface area contributed by atoms with E-state index in [9.17, 15) is 14.4 Å². The molecule has 31 heavy (non-hydrogen) atoms. The SMILES string of the molecule is CCOc1ccc(NC(=O)CN2C(=O)CSc3ccc(C(=O)N(CC)CC)cc32)cc1. The molecule has 7 nitrogen and oxygen atoms in total. The van der Waals surface area contributed by atoms with Gasteiger partial charge in [0.1, 0.15) is 12.3 Å².